The number of aromatic nitrogens is 3. The number of pyridine rings is 1. The summed E-state index contributed by atoms with van der Waals surface area (Å²) in [5.41, 5.74) is 3.54. The summed E-state index contributed by atoms with van der Waals surface area (Å²) in [7, 11) is 0. The molecule has 5 heteroatoms. The van der Waals surface area contributed by atoms with Crippen LogP contribution in [0.2, 0.25) is 0 Å². The van der Waals surface area contributed by atoms with Crippen molar-refractivity contribution in [2.45, 2.75) is 51.5 Å². The first-order valence-corrected chi connectivity index (χ1v) is 10.0. The maximum atomic E-state index is 12.2. The minimum absolute atomic E-state index is 0.337. The molecule has 1 aliphatic rings. The van der Waals surface area contributed by atoms with Crippen molar-refractivity contribution < 1.29 is 9.53 Å². The van der Waals surface area contributed by atoms with E-state index in [4.69, 9.17) is 9.72 Å². The zero-order valence-electron chi connectivity index (χ0n) is 16.2. The minimum Gasteiger partial charge on any atom is -0.421 e. The SMILES string of the molecule is C=CC(=O)Oc1c(-c2ccccc2)nc2c(cnn2CC)c1C1CCCCC1. The van der Waals surface area contributed by atoms with Gasteiger partial charge in [0.15, 0.2) is 11.4 Å². The van der Waals surface area contributed by atoms with Crippen LogP contribution >= 0.6 is 0 Å². The van der Waals surface area contributed by atoms with Crippen molar-refractivity contribution in [2.24, 2.45) is 0 Å². The second-order valence-electron chi connectivity index (χ2n) is 7.23. The summed E-state index contributed by atoms with van der Waals surface area (Å²) < 4.78 is 7.74. The van der Waals surface area contributed by atoms with Gasteiger partial charge in [0.1, 0.15) is 5.69 Å². The van der Waals surface area contributed by atoms with Crippen LogP contribution in [-0.4, -0.2) is 20.7 Å². The monoisotopic (exact) mass is 375 g/mol. The summed E-state index contributed by atoms with van der Waals surface area (Å²) in [6, 6.07) is 9.90. The van der Waals surface area contributed by atoms with Crippen molar-refractivity contribution in [3.8, 4) is 17.0 Å². The molecule has 1 aromatic carbocycles. The van der Waals surface area contributed by atoms with Crippen LogP contribution in [0.25, 0.3) is 22.3 Å². The fourth-order valence-electron chi connectivity index (χ4n) is 4.16. The lowest BCUT2D eigenvalue weighted by Crippen LogP contribution is -2.13. The fraction of sp³-hybridized carbons (Fsp3) is 0.348. The molecule has 1 saturated carbocycles. The number of carbonyl (C=O) groups excluding carboxylic acids is 1. The number of aryl methyl sites for hydroxylation is 1. The van der Waals surface area contributed by atoms with Crippen molar-refractivity contribution in [1.82, 2.24) is 14.8 Å². The molecule has 0 saturated heterocycles. The van der Waals surface area contributed by atoms with Gasteiger partial charge >= 0.3 is 5.97 Å². The number of fused-ring (bicyclic) bond motifs is 1. The third-order valence-corrected chi connectivity index (χ3v) is 5.51. The van der Waals surface area contributed by atoms with Gasteiger partial charge < -0.3 is 4.74 Å². The molecule has 0 spiro atoms. The lowest BCUT2D eigenvalue weighted by Gasteiger charge is -2.25. The number of carbonyl (C=O) groups is 1. The fourth-order valence-corrected chi connectivity index (χ4v) is 4.16. The molecule has 2 heterocycles. The molecule has 0 atom stereocenters. The van der Waals surface area contributed by atoms with Gasteiger partial charge in [-0.1, -0.05) is 56.2 Å². The molecular formula is C23H25N3O2. The van der Waals surface area contributed by atoms with Crippen molar-refractivity contribution in [3.05, 3.63) is 54.7 Å². The quantitative estimate of drug-likeness (QED) is 0.451. The predicted molar refractivity (Wildman–Crippen MR) is 110 cm³/mol. The van der Waals surface area contributed by atoms with Crippen LogP contribution in [-0.2, 0) is 11.3 Å². The summed E-state index contributed by atoms with van der Waals surface area (Å²) >= 11 is 0. The van der Waals surface area contributed by atoms with Crippen LogP contribution in [0.4, 0.5) is 0 Å². The summed E-state index contributed by atoms with van der Waals surface area (Å²) in [4.78, 5) is 17.1. The Balaban J connectivity index is 2.03. The largest absolute Gasteiger partial charge is 0.421 e. The molecule has 0 N–H and O–H groups in total. The molecule has 3 aromatic rings. The Morgan fingerprint density at radius 3 is 2.68 bits per heavy atom. The molecule has 0 unspecified atom stereocenters. The standard InChI is InChI=1S/C23H25N3O2/c1-3-19(27)28-22-20(16-11-7-5-8-12-16)18-15-24-26(4-2)23(18)25-21(22)17-13-9-6-10-14-17/h3,6,9-10,13-16H,1,4-5,7-8,11-12H2,2H3. The van der Waals surface area contributed by atoms with E-state index < -0.39 is 5.97 Å². The highest BCUT2D eigenvalue weighted by molar-refractivity contribution is 5.91. The summed E-state index contributed by atoms with van der Waals surface area (Å²) in [6.07, 6.45) is 8.88. The van der Waals surface area contributed by atoms with Crippen molar-refractivity contribution >= 4 is 17.0 Å². The first-order chi connectivity index (χ1) is 13.7. The Morgan fingerprint density at radius 2 is 2.00 bits per heavy atom. The second-order valence-corrected chi connectivity index (χ2v) is 7.23. The highest BCUT2D eigenvalue weighted by atomic mass is 16.5. The van der Waals surface area contributed by atoms with Crippen LogP contribution in [0.5, 0.6) is 5.75 Å². The molecule has 144 valence electrons. The first-order valence-electron chi connectivity index (χ1n) is 10.0. The summed E-state index contributed by atoms with van der Waals surface area (Å²) in [5, 5.41) is 5.52. The van der Waals surface area contributed by atoms with E-state index >= 15 is 0 Å². The molecule has 1 fully saturated rings. The van der Waals surface area contributed by atoms with Gasteiger partial charge in [-0.05, 0) is 25.7 Å². The lowest BCUT2D eigenvalue weighted by molar-refractivity contribution is -0.129. The number of hydrogen-bond donors (Lipinski definition) is 0. The maximum absolute atomic E-state index is 12.2. The Kier molecular flexibility index (Phi) is 5.24. The third kappa shape index (κ3) is 3.33. The third-order valence-electron chi connectivity index (χ3n) is 5.51. The second kappa shape index (κ2) is 7.97. The lowest BCUT2D eigenvalue weighted by atomic mass is 9.82. The number of nitrogens with zero attached hydrogens (tertiary/aromatic N) is 3. The van der Waals surface area contributed by atoms with Gasteiger partial charge in [0.2, 0.25) is 0 Å². The van der Waals surface area contributed by atoms with Crippen molar-refractivity contribution in [3.63, 3.8) is 0 Å². The Hall–Kier alpha value is -2.95. The van der Waals surface area contributed by atoms with E-state index in [1.165, 1.54) is 25.3 Å². The van der Waals surface area contributed by atoms with Crippen molar-refractivity contribution in [1.29, 1.82) is 0 Å². The number of rotatable bonds is 5. The van der Waals surface area contributed by atoms with Gasteiger partial charge in [-0.25, -0.2) is 14.5 Å². The number of ether oxygens (including phenoxy) is 1. The molecule has 0 radical (unpaired) electrons. The van der Waals surface area contributed by atoms with Crippen LogP contribution in [0.3, 0.4) is 0 Å². The molecule has 0 amide bonds. The molecule has 0 aliphatic heterocycles. The summed E-state index contributed by atoms with van der Waals surface area (Å²) in [5.74, 6) is 0.438. The Morgan fingerprint density at radius 1 is 1.25 bits per heavy atom. The van der Waals surface area contributed by atoms with Crippen molar-refractivity contribution in [2.75, 3.05) is 0 Å². The van der Waals surface area contributed by atoms with E-state index in [0.29, 0.717) is 17.4 Å². The van der Waals surface area contributed by atoms with Crippen LogP contribution < -0.4 is 4.74 Å². The highest BCUT2D eigenvalue weighted by Crippen LogP contribution is 2.45. The molecule has 28 heavy (non-hydrogen) atoms. The van der Waals surface area contributed by atoms with Gasteiger partial charge in [-0.15, -0.1) is 0 Å². The van der Waals surface area contributed by atoms with E-state index in [0.717, 1.165) is 41.5 Å². The number of esters is 1. The first kappa shape index (κ1) is 18.4. The van der Waals surface area contributed by atoms with E-state index in [-0.39, 0.29) is 0 Å². The molecule has 0 bridgehead atoms. The molecule has 2 aromatic heterocycles. The zero-order valence-corrected chi connectivity index (χ0v) is 16.2. The molecular weight excluding hydrogens is 350 g/mol. The van der Waals surface area contributed by atoms with E-state index in [2.05, 4.69) is 18.6 Å². The van der Waals surface area contributed by atoms with Crippen LogP contribution in [0.15, 0.2) is 49.2 Å². The smallest absolute Gasteiger partial charge is 0.335 e. The maximum Gasteiger partial charge on any atom is 0.335 e. The van der Waals surface area contributed by atoms with E-state index in [9.17, 15) is 4.79 Å². The van der Waals surface area contributed by atoms with Crippen LogP contribution in [0.1, 0.15) is 50.5 Å². The summed E-state index contributed by atoms with van der Waals surface area (Å²) in [6.45, 7) is 6.36. The molecule has 1 aliphatic carbocycles. The zero-order chi connectivity index (χ0) is 19.5. The van der Waals surface area contributed by atoms with Gasteiger partial charge in [-0.3, -0.25) is 0 Å². The van der Waals surface area contributed by atoms with E-state index in [1.807, 2.05) is 41.2 Å². The van der Waals surface area contributed by atoms with Gasteiger partial charge in [0.25, 0.3) is 0 Å². The highest BCUT2D eigenvalue weighted by Gasteiger charge is 2.28. The van der Waals surface area contributed by atoms with Gasteiger partial charge in [0.05, 0.1) is 6.20 Å². The van der Waals surface area contributed by atoms with E-state index in [1.54, 1.807) is 0 Å². The normalized spacial score (nSPS) is 14.9. The van der Waals surface area contributed by atoms with Gasteiger partial charge in [-0.2, -0.15) is 5.10 Å². The topological polar surface area (TPSA) is 57.0 Å². The Labute approximate surface area is 165 Å². The number of benzene rings is 1. The Bertz CT molecular complexity index is 1000. The average molecular weight is 375 g/mol. The number of hydrogen-bond acceptors (Lipinski definition) is 4. The van der Waals surface area contributed by atoms with Gasteiger partial charge in [0, 0.05) is 29.1 Å². The van der Waals surface area contributed by atoms with Crippen LogP contribution in [0, 0.1) is 0 Å². The predicted octanol–water partition coefficient (Wildman–Crippen LogP) is 5.26. The molecule has 4 rings (SSSR count). The molecule has 5 nitrogen and oxygen atoms in total. The minimum atomic E-state index is -0.460. The average Bonchev–Trinajstić information content (AvgIpc) is 3.17.